The minimum absolute atomic E-state index is 0.00327. The van der Waals surface area contributed by atoms with Gasteiger partial charge in [-0.2, -0.15) is 0 Å². The topological polar surface area (TPSA) is 38.0 Å². The lowest BCUT2D eigenvalue weighted by atomic mass is 9.93. The van der Waals surface area contributed by atoms with Crippen LogP contribution in [0.4, 0.5) is 0 Å². The van der Waals surface area contributed by atoms with Crippen molar-refractivity contribution in [3.63, 3.8) is 0 Å². The maximum atomic E-state index is 6.20. The molecule has 0 bridgehead atoms. The predicted octanol–water partition coefficient (Wildman–Crippen LogP) is 2.39. The lowest BCUT2D eigenvalue weighted by molar-refractivity contribution is 0.333. The molecule has 0 heterocycles. The van der Waals surface area contributed by atoms with Crippen LogP contribution in [-0.4, -0.2) is 18.6 Å². The summed E-state index contributed by atoms with van der Waals surface area (Å²) in [7, 11) is 0. The van der Waals surface area contributed by atoms with Gasteiger partial charge < -0.3 is 11.1 Å². The maximum absolute atomic E-state index is 6.20. The van der Waals surface area contributed by atoms with E-state index in [2.05, 4.69) is 39.9 Å². The molecular formula is C12H28N2. The van der Waals surface area contributed by atoms with Crippen LogP contribution in [0.25, 0.3) is 0 Å². The summed E-state index contributed by atoms with van der Waals surface area (Å²) in [5, 5.41) is 3.48. The Bertz CT molecular complexity index is 139. The van der Waals surface area contributed by atoms with Crippen molar-refractivity contribution in [3.05, 3.63) is 0 Å². The second kappa shape index (κ2) is 6.41. The molecule has 0 aliphatic carbocycles. The van der Waals surface area contributed by atoms with Crippen LogP contribution in [0.15, 0.2) is 0 Å². The number of nitrogens with one attached hydrogen (secondary N) is 1. The molecule has 0 saturated heterocycles. The van der Waals surface area contributed by atoms with Crippen LogP contribution in [-0.2, 0) is 0 Å². The molecular weight excluding hydrogens is 172 g/mol. The van der Waals surface area contributed by atoms with Gasteiger partial charge in [0.2, 0.25) is 0 Å². The van der Waals surface area contributed by atoms with Crippen molar-refractivity contribution in [2.45, 2.75) is 53.0 Å². The molecule has 2 heteroatoms. The van der Waals surface area contributed by atoms with Crippen molar-refractivity contribution in [1.82, 2.24) is 5.32 Å². The van der Waals surface area contributed by atoms with E-state index in [1.54, 1.807) is 0 Å². The third kappa shape index (κ3) is 4.97. The number of hydrogen-bond acceptors (Lipinski definition) is 2. The van der Waals surface area contributed by atoms with Crippen molar-refractivity contribution >= 4 is 0 Å². The quantitative estimate of drug-likeness (QED) is 0.662. The molecule has 0 aliphatic heterocycles. The molecule has 0 aromatic rings. The van der Waals surface area contributed by atoms with E-state index in [9.17, 15) is 0 Å². The van der Waals surface area contributed by atoms with Crippen LogP contribution in [0.1, 0.15) is 47.5 Å². The Labute approximate surface area is 89.6 Å². The highest BCUT2D eigenvalue weighted by atomic mass is 14.9. The van der Waals surface area contributed by atoms with E-state index in [-0.39, 0.29) is 5.54 Å². The standard InChI is InChI=1S/C12H28N2/c1-6-12(13,7-2)9-14-8-11(5)10(3)4/h10-11,14H,6-9,13H2,1-5H3. The molecule has 0 fully saturated rings. The van der Waals surface area contributed by atoms with Crippen LogP contribution in [0.3, 0.4) is 0 Å². The second-order valence-corrected chi connectivity index (χ2v) is 4.92. The zero-order valence-electron chi connectivity index (χ0n) is 10.6. The summed E-state index contributed by atoms with van der Waals surface area (Å²) in [6.45, 7) is 13.2. The van der Waals surface area contributed by atoms with Crippen LogP contribution in [0, 0.1) is 11.8 Å². The Morgan fingerprint density at radius 1 is 1.14 bits per heavy atom. The minimum atomic E-state index is -0.00327. The van der Waals surface area contributed by atoms with Gasteiger partial charge in [0.05, 0.1) is 0 Å². The summed E-state index contributed by atoms with van der Waals surface area (Å²) in [5.74, 6) is 1.48. The fourth-order valence-corrected chi connectivity index (χ4v) is 1.28. The Hall–Kier alpha value is -0.0800. The monoisotopic (exact) mass is 200 g/mol. The molecule has 3 N–H and O–H groups in total. The zero-order valence-corrected chi connectivity index (χ0v) is 10.6. The molecule has 0 spiro atoms. The molecule has 0 aromatic carbocycles. The summed E-state index contributed by atoms with van der Waals surface area (Å²) in [6, 6.07) is 0. The third-order valence-corrected chi connectivity index (χ3v) is 3.49. The first-order chi connectivity index (χ1) is 6.45. The SMILES string of the molecule is CCC(N)(CC)CNCC(C)C(C)C. The van der Waals surface area contributed by atoms with Crippen LogP contribution in [0.5, 0.6) is 0 Å². The van der Waals surface area contributed by atoms with Crippen LogP contribution in [0.2, 0.25) is 0 Å². The second-order valence-electron chi connectivity index (χ2n) is 4.92. The highest BCUT2D eigenvalue weighted by molar-refractivity contribution is 4.83. The Morgan fingerprint density at radius 3 is 2.00 bits per heavy atom. The van der Waals surface area contributed by atoms with Gasteiger partial charge in [-0.25, -0.2) is 0 Å². The van der Waals surface area contributed by atoms with Gasteiger partial charge in [0, 0.05) is 12.1 Å². The van der Waals surface area contributed by atoms with Crippen molar-refractivity contribution in [2.24, 2.45) is 17.6 Å². The fraction of sp³-hybridized carbons (Fsp3) is 1.00. The molecule has 2 nitrogen and oxygen atoms in total. The summed E-state index contributed by atoms with van der Waals surface area (Å²) in [6.07, 6.45) is 2.10. The fourth-order valence-electron chi connectivity index (χ4n) is 1.28. The van der Waals surface area contributed by atoms with Crippen molar-refractivity contribution in [3.8, 4) is 0 Å². The molecule has 1 unspecified atom stereocenters. The number of hydrogen-bond donors (Lipinski definition) is 2. The van der Waals surface area contributed by atoms with Gasteiger partial charge in [-0.3, -0.25) is 0 Å². The molecule has 0 saturated carbocycles. The van der Waals surface area contributed by atoms with Crippen molar-refractivity contribution < 1.29 is 0 Å². The van der Waals surface area contributed by atoms with Crippen molar-refractivity contribution in [2.75, 3.05) is 13.1 Å². The average Bonchev–Trinajstić information content (AvgIpc) is 2.17. The van der Waals surface area contributed by atoms with E-state index < -0.39 is 0 Å². The van der Waals surface area contributed by atoms with Gasteiger partial charge in [0.15, 0.2) is 0 Å². The normalized spacial score (nSPS) is 14.8. The lowest BCUT2D eigenvalue weighted by Crippen LogP contribution is -2.48. The first-order valence-corrected chi connectivity index (χ1v) is 5.94. The minimum Gasteiger partial charge on any atom is -0.324 e. The van der Waals surface area contributed by atoms with E-state index >= 15 is 0 Å². The Kier molecular flexibility index (Phi) is 6.38. The van der Waals surface area contributed by atoms with E-state index in [0.29, 0.717) is 0 Å². The molecule has 0 aliphatic rings. The maximum Gasteiger partial charge on any atom is 0.0275 e. The van der Waals surface area contributed by atoms with Gasteiger partial charge in [-0.1, -0.05) is 34.6 Å². The van der Waals surface area contributed by atoms with Gasteiger partial charge >= 0.3 is 0 Å². The van der Waals surface area contributed by atoms with E-state index in [0.717, 1.165) is 37.8 Å². The van der Waals surface area contributed by atoms with Gasteiger partial charge in [-0.05, 0) is 31.2 Å². The molecule has 14 heavy (non-hydrogen) atoms. The average molecular weight is 200 g/mol. The first kappa shape index (κ1) is 13.9. The van der Waals surface area contributed by atoms with E-state index in [1.807, 2.05) is 0 Å². The Balaban J connectivity index is 3.72. The number of rotatable bonds is 7. The summed E-state index contributed by atoms with van der Waals surface area (Å²) < 4.78 is 0. The largest absolute Gasteiger partial charge is 0.324 e. The van der Waals surface area contributed by atoms with E-state index in [1.165, 1.54) is 0 Å². The summed E-state index contributed by atoms with van der Waals surface area (Å²) in [5.41, 5.74) is 6.19. The molecule has 0 radical (unpaired) electrons. The smallest absolute Gasteiger partial charge is 0.0275 e. The van der Waals surface area contributed by atoms with Crippen LogP contribution >= 0.6 is 0 Å². The van der Waals surface area contributed by atoms with Gasteiger partial charge in [0.25, 0.3) is 0 Å². The molecule has 86 valence electrons. The molecule has 0 aromatic heterocycles. The number of nitrogens with two attached hydrogens (primary N) is 1. The summed E-state index contributed by atoms with van der Waals surface area (Å²) in [4.78, 5) is 0. The highest BCUT2D eigenvalue weighted by Crippen LogP contribution is 2.11. The first-order valence-electron chi connectivity index (χ1n) is 5.94. The Morgan fingerprint density at radius 2 is 1.64 bits per heavy atom. The van der Waals surface area contributed by atoms with E-state index in [4.69, 9.17) is 5.73 Å². The molecule has 0 rings (SSSR count). The lowest BCUT2D eigenvalue weighted by Gasteiger charge is -2.28. The molecule has 1 atom stereocenters. The zero-order chi connectivity index (χ0) is 11.2. The highest BCUT2D eigenvalue weighted by Gasteiger charge is 2.19. The van der Waals surface area contributed by atoms with Crippen LogP contribution < -0.4 is 11.1 Å². The molecule has 0 amide bonds. The van der Waals surface area contributed by atoms with Gasteiger partial charge in [0.1, 0.15) is 0 Å². The third-order valence-electron chi connectivity index (χ3n) is 3.49. The van der Waals surface area contributed by atoms with Gasteiger partial charge in [-0.15, -0.1) is 0 Å². The predicted molar refractivity (Wildman–Crippen MR) is 64.4 cm³/mol. The summed E-state index contributed by atoms with van der Waals surface area (Å²) >= 11 is 0. The van der Waals surface area contributed by atoms with Crippen molar-refractivity contribution in [1.29, 1.82) is 0 Å².